The maximum atomic E-state index is 11.8. The summed E-state index contributed by atoms with van der Waals surface area (Å²) in [6, 6.07) is 16.9. The van der Waals surface area contributed by atoms with Gasteiger partial charge in [0.15, 0.2) is 0 Å². The van der Waals surface area contributed by atoms with Gasteiger partial charge in [0, 0.05) is 15.7 Å². The van der Waals surface area contributed by atoms with E-state index in [2.05, 4.69) is 25.9 Å². The second-order valence-corrected chi connectivity index (χ2v) is 5.53. The average molecular weight is 342 g/mol. The van der Waals surface area contributed by atoms with Crippen LogP contribution in [0.3, 0.4) is 0 Å². The van der Waals surface area contributed by atoms with Crippen LogP contribution in [-0.4, -0.2) is 9.97 Å². The monoisotopic (exact) mass is 341 g/mol. The van der Waals surface area contributed by atoms with E-state index in [4.69, 9.17) is 5.73 Å². The van der Waals surface area contributed by atoms with Gasteiger partial charge >= 0.3 is 5.69 Å². The zero-order valence-corrected chi connectivity index (χ0v) is 12.6. The van der Waals surface area contributed by atoms with Crippen molar-refractivity contribution in [3.05, 3.63) is 69.6 Å². The van der Waals surface area contributed by atoms with Crippen molar-refractivity contribution in [2.45, 2.75) is 0 Å². The number of benzene rings is 2. The number of aromatic amines is 1. The van der Waals surface area contributed by atoms with Crippen LogP contribution in [0.4, 0.5) is 5.69 Å². The number of nitrogen functional groups attached to an aromatic ring is 1. The van der Waals surface area contributed by atoms with Crippen LogP contribution in [0.25, 0.3) is 22.5 Å². The summed E-state index contributed by atoms with van der Waals surface area (Å²) < 4.78 is 0.941. The highest BCUT2D eigenvalue weighted by Gasteiger charge is 2.06. The van der Waals surface area contributed by atoms with E-state index in [-0.39, 0.29) is 5.69 Å². The first kappa shape index (κ1) is 13.6. The molecule has 0 aliphatic heterocycles. The number of hydrogen-bond donors (Lipinski definition) is 2. The van der Waals surface area contributed by atoms with Gasteiger partial charge in [-0.1, -0.05) is 40.2 Å². The number of rotatable bonds is 2. The zero-order valence-electron chi connectivity index (χ0n) is 11.0. The number of nitrogens with one attached hydrogen (secondary N) is 1. The fourth-order valence-electron chi connectivity index (χ4n) is 2.07. The first-order valence-electron chi connectivity index (χ1n) is 6.35. The summed E-state index contributed by atoms with van der Waals surface area (Å²) >= 11 is 3.42. The highest BCUT2D eigenvalue weighted by atomic mass is 79.9. The molecule has 0 fully saturated rings. The Bertz CT molecular complexity index is 841. The smallest absolute Gasteiger partial charge is 0.345 e. The molecule has 104 valence electrons. The lowest BCUT2D eigenvalue weighted by Gasteiger charge is -2.06. The van der Waals surface area contributed by atoms with E-state index in [1.54, 1.807) is 12.1 Å². The van der Waals surface area contributed by atoms with E-state index in [1.165, 1.54) is 0 Å². The highest BCUT2D eigenvalue weighted by molar-refractivity contribution is 9.10. The number of H-pyrrole nitrogens is 1. The fraction of sp³-hybridized carbons (Fsp3) is 0. The number of aromatic nitrogens is 2. The molecule has 0 spiro atoms. The van der Waals surface area contributed by atoms with E-state index < -0.39 is 0 Å². The van der Waals surface area contributed by atoms with Crippen molar-refractivity contribution in [1.82, 2.24) is 9.97 Å². The summed E-state index contributed by atoms with van der Waals surface area (Å²) in [4.78, 5) is 18.6. The molecule has 4 nitrogen and oxygen atoms in total. The maximum Gasteiger partial charge on any atom is 0.345 e. The van der Waals surface area contributed by atoms with E-state index in [0.29, 0.717) is 17.1 Å². The zero-order chi connectivity index (χ0) is 14.8. The number of anilines is 1. The molecule has 1 heterocycles. The lowest BCUT2D eigenvalue weighted by molar-refractivity contribution is 1.09. The molecule has 3 aromatic rings. The number of nitrogens with zero attached hydrogens (tertiary/aromatic N) is 1. The Balaban J connectivity index is 2.12. The minimum Gasteiger partial charge on any atom is -0.399 e. The molecule has 0 bridgehead atoms. The average Bonchev–Trinajstić information content (AvgIpc) is 2.47. The first-order chi connectivity index (χ1) is 10.1. The van der Waals surface area contributed by atoms with Crippen molar-refractivity contribution in [3.8, 4) is 22.5 Å². The summed E-state index contributed by atoms with van der Waals surface area (Å²) in [5, 5.41) is 0. The summed E-state index contributed by atoms with van der Waals surface area (Å²) in [6.07, 6.45) is 0. The van der Waals surface area contributed by atoms with Crippen LogP contribution >= 0.6 is 15.9 Å². The van der Waals surface area contributed by atoms with Gasteiger partial charge in [0.05, 0.1) is 11.4 Å². The van der Waals surface area contributed by atoms with Crippen LogP contribution in [0.2, 0.25) is 0 Å². The highest BCUT2D eigenvalue weighted by Crippen LogP contribution is 2.24. The summed E-state index contributed by atoms with van der Waals surface area (Å²) in [6.45, 7) is 0. The largest absolute Gasteiger partial charge is 0.399 e. The first-order valence-corrected chi connectivity index (χ1v) is 7.14. The van der Waals surface area contributed by atoms with Gasteiger partial charge in [-0.2, -0.15) is 4.98 Å². The normalized spacial score (nSPS) is 10.5. The third-order valence-corrected chi connectivity index (χ3v) is 3.58. The fourth-order valence-corrected chi connectivity index (χ4v) is 2.47. The molecule has 2 aromatic carbocycles. The predicted molar refractivity (Wildman–Crippen MR) is 87.8 cm³/mol. The van der Waals surface area contributed by atoms with Gasteiger partial charge in [0.25, 0.3) is 0 Å². The summed E-state index contributed by atoms with van der Waals surface area (Å²) in [5.41, 5.74) is 9.10. The molecule has 0 aliphatic carbocycles. The third kappa shape index (κ3) is 3.03. The maximum absolute atomic E-state index is 11.8. The Morgan fingerprint density at radius 3 is 2.48 bits per heavy atom. The SMILES string of the molecule is Nc1ccc(-c2cc(-c3cccc(Br)c3)nc(=O)[nH]2)cc1. The van der Waals surface area contributed by atoms with Crippen LogP contribution < -0.4 is 11.4 Å². The van der Waals surface area contributed by atoms with E-state index >= 15 is 0 Å². The van der Waals surface area contributed by atoms with Gasteiger partial charge < -0.3 is 10.7 Å². The Morgan fingerprint density at radius 2 is 1.76 bits per heavy atom. The topological polar surface area (TPSA) is 71.8 Å². The van der Waals surface area contributed by atoms with Gasteiger partial charge in [-0.3, -0.25) is 0 Å². The van der Waals surface area contributed by atoms with Crippen LogP contribution in [-0.2, 0) is 0 Å². The number of nitrogens with two attached hydrogens (primary N) is 1. The number of halogens is 1. The van der Waals surface area contributed by atoms with Crippen molar-refractivity contribution in [2.75, 3.05) is 5.73 Å². The Labute approximate surface area is 129 Å². The molecule has 3 N–H and O–H groups in total. The van der Waals surface area contributed by atoms with Crippen LogP contribution in [0.5, 0.6) is 0 Å². The molecule has 3 rings (SSSR count). The predicted octanol–water partition coefficient (Wildman–Crippen LogP) is 3.45. The quantitative estimate of drug-likeness (QED) is 0.701. The Kier molecular flexibility index (Phi) is 3.58. The summed E-state index contributed by atoms with van der Waals surface area (Å²) in [7, 11) is 0. The van der Waals surface area contributed by atoms with Crippen molar-refractivity contribution >= 4 is 21.6 Å². The van der Waals surface area contributed by atoms with Gasteiger partial charge in [0.1, 0.15) is 0 Å². The van der Waals surface area contributed by atoms with E-state index in [0.717, 1.165) is 15.6 Å². The third-order valence-electron chi connectivity index (χ3n) is 3.09. The molecular weight excluding hydrogens is 330 g/mol. The van der Waals surface area contributed by atoms with E-state index in [1.807, 2.05) is 42.5 Å². The minimum absolute atomic E-state index is 0.376. The van der Waals surface area contributed by atoms with Crippen molar-refractivity contribution in [2.24, 2.45) is 0 Å². The van der Waals surface area contributed by atoms with Crippen molar-refractivity contribution in [1.29, 1.82) is 0 Å². The summed E-state index contributed by atoms with van der Waals surface area (Å²) in [5.74, 6) is 0. The van der Waals surface area contributed by atoms with Gasteiger partial charge in [0.2, 0.25) is 0 Å². The Hall–Kier alpha value is -2.40. The lowest BCUT2D eigenvalue weighted by Crippen LogP contribution is -2.11. The molecule has 0 saturated carbocycles. The molecule has 0 aliphatic rings. The minimum atomic E-state index is -0.376. The molecular formula is C16H12BrN3O. The van der Waals surface area contributed by atoms with E-state index in [9.17, 15) is 4.79 Å². The molecule has 0 amide bonds. The van der Waals surface area contributed by atoms with Crippen LogP contribution in [0.15, 0.2) is 63.9 Å². The number of hydrogen-bond acceptors (Lipinski definition) is 3. The molecule has 5 heteroatoms. The lowest BCUT2D eigenvalue weighted by atomic mass is 10.1. The van der Waals surface area contributed by atoms with Crippen molar-refractivity contribution < 1.29 is 0 Å². The van der Waals surface area contributed by atoms with Crippen molar-refractivity contribution in [3.63, 3.8) is 0 Å². The van der Waals surface area contributed by atoms with Gasteiger partial charge in [-0.25, -0.2) is 4.79 Å². The molecule has 0 radical (unpaired) electrons. The molecule has 1 aromatic heterocycles. The standard InChI is InChI=1S/C16H12BrN3O/c17-12-3-1-2-11(8-12)15-9-14(19-16(21)20-15)10-4-6-13(18)7-5-10/h1-9H,18H2,(H,19,20,21). The van der Waals surface area contributed by atoms with Gasteiger partial charge in [-0.05, 0) is 35.9 Å². The molecule has 0 atom stereocenters. The Morgan fingerprint density at radius 1 is 1.00 bits per heavy atom. The molecule has 0 saturated heterocycles. The van der Waals surface area contributed by atoms with Gasteiger partial charge in [-0.15, -0.1) is 0 Å². The molecule has 0 unspecified atom stereocenters. The second kappa shape index (κ2) is 5.54. The van der Waals surface area contributed by atoms with Crippen LogP contribution in [0, 0.1) is 0 Å². The second-order valence-electron chi connectivity index (χ2n) is 4.62. The van der Waals surface area contributed by atoms with Crippen LogP contribution in [0.1, 0.15) is 0 Å². The molecule has 21 heavy (non-hydrogen) atoms.